The van der Waals surface area contributed by atoms with Gasteiger partial charge in [0.15, 0.2) is 16.7 Å². The molecule has 0 radical (unpaired) electrons. The first kappa shape index (κ1) is 18.8. The molecule has 0 amide bonds. The largest absolute Gasteiger partial charge is 0.454 e. The van der Waals surface area contributed by atoms with E-state index in [2.05, 4.69) is 31.2 Å². The summed E-state index contributed by atoms with van der Waals surface area (Å²) >= 11 is 1.58. The van der Waals surface area contributed by atoms with E-state index in [1.807, 2.05) is 42.5 Å². The first-order chi connectivity index (χ1) is 14.7. The maximum atomic E-state index is 13.3. The highest BCUT2D eigenvalue weighted by atomic mass is 32.2. The molecule has 2 heterocycles. The zero-order valence-electron chi connectivity index (χ0n) is 16.5. The Kier molecular flexibility index (Phi) is 4.93. The third-order valence-corrected chi connectivity index (χ3v) is 6.10. The Labute approximate surface area is 178 Å². The van der Waals surface area contributed by atoms with Crippen molar-refractivity contribution in [1.29, 1.82) is 0 Å². The molecular weight excluding hydrogens is 396 g/mol. The lowest BCUT2D eigenvalue weighted by molar-refractivity contribution is 0.174. The van der Waals surface area contributed by atoms with Gasteiger partial charge >= 0.3 is 0 Å². The number of rotatable bonds is 5. The van der Waals surface area contributed by atoms with Crippen LogP contribution in [0.3, 0.4) is 0 Å². The van der Waals surface area contributed by atoms with Gasteiger partial charge in [0.05, 0.1) is 17.4 Å². The molecule has 1 aromatic heterocycles. The molecule has 5 rings (SSSR count). The summed E-state index contributed by atoms with van der Waals surface area (Å²) in [7, 11) is 0. The second-order valence-corrected chi connectivity index (χ2v) is 8.21. The van der Waals surface area contributed by atoms with Gasteiger partial charge in [0.25, 0.3) is 5.56 Å². The number of nitrogens with zero attached hydrogens (tertiary/aromatic N) is 2. The number of hydrogen-bond donors (Lipinski definition) is 0. The highest BCUT2D eigenvalue weighted by Gasteiger charge is 2.16. The van der Waals surface area contributed by atoms with E-state index in [1.165, 1.54) is 11.1 Å². The summed E-state index contributed by atoms with van der Waals surface area (Å²) in [6, 6.07) is 21.7. The van der Waals surface area contributed by atoms with Crippen molar-refractivity contribution in [3.05, 3.63) is 93.8 Å². The average Bonchev–Trinajstić information content (AvgIpc) is 3.22. The summed E-state index contributed by atoms with van der Waals surface area (Å²) in [5.41, 5.74) is 4.08. The smallest absolute Gasteiger partial charge is 0.262 e. The molecule has 1 aliphatic rings. The second kappa shape index (κ2) is 7.88. The Morgan fingerprint density at radius 2 is 1.83 bits per heavy atom. The van der Waals surface area contributed by atoms with Crippen molar-refractivity contribution >= 4 is 22.7 Å². The lowest BCUT2D eigenvalue weighted by atomic mass is 10.2. The number of aryl methyl sites for hydroxylation is 1. The summed E-state index contributed by atoms with van der Waals surface area (Å²) in [5, 5.41) is 1.33. The van der Waals surface area contributed by atoms with Crippen molar-refractivity contribution in [2.75, 3.05) is 6.79 Å². The fourth-order valence-corrected chi connectivity index (χ4v) is 4.51. The molecular formula is C24H20N2O3S. The lowest BCUT2D eigenvalue weighted by Gasteiger charge is -2.14. The Morgan fingerprint density at radius 1 is 0.967 bits per heavy atom. The van der Waals surface area contributed by atoms with Crippen LogP contribution >= 0.6 is 11.8 Å². The molecule has 1 aliphatic heterocycles. The molecule has 0 atom stereocenters. The molecule has 5 nitrogen and oxygen atoms in total. The summed E-state index contributed by atoms with van der Waals surface area (Å²) < 4.78 is 12.6. The van der Waals surface area contributed by atoms with Gasteiger partial charge < -0.3 is 9.47 Å². The molecule has 0 N–H and O–H groups in total. The van der Waals surface area contributed by atoms with E-state index < -0.39 is 0 Å². The zero-order chi connectivity index (χ0) is 20.5. The van der Waals surface area contributed by atoms with E-state index in [0.29, 0.717) is 22.8 Å². The van der Waals surface area contributed by atoms with Gasteiger partial charge in [-0.05, 0) is 42.3 Å². The molecule has 6 heteroatoms. The normalized spacial score (nSPS) is 12.4. The molecule has 0 saturated heterocycles. The van der Waals surface area contributed by atoms with Crippen molar-refractivity contribution in [2.24, 2.45) is 0 Å². The van der Waals surface area contributed by atoms with Crippen LogP contribution in [-0.4, -0.2) is 16.3 Å². The molecule has 150 valence electrons. The number of fused-ring (bicyclic) bond motifs is 2. The van der Waals surface area contributed by atoms with Gasteiger partial charge in [0.2, 0.25) is 6.79 Å². The molecule has 0 saturated carbocycles. The minimum Gasteiger partial charge on any atom is -0.454 e. The van der Waals surface area contributed by atoms with Crippen molar-refractivity contribution in [3.8, 4) is 11.5 Å². The van der Waals surface area contributed by atoms with Crippen LogP contribution in [0.25, 0.3) is 10.9 Å². The van der Waals surface area contributed by atoms with E-state index in [1.54, 1.807) is 16.3 Å². The Balaban J connectivity index is 1.53. The van der Waals surface area contributed by atoms with Crippen LogP contribution in [0.4, 0.5) is 0 Å². The number of hydrogen-bond acceptors (Lipinski definition) is 5. The minimum absolute atomic E-state index is 0.0370. The Bertz CT molecular complexity index is 1300. The average molecular weight is 417 g/mol. The van der Waals surface area contributed by atoms with Gasteiger partial charge in [-0.2, -0.15) is 0 Å². The summed E-state index contributed by atoms with van der Waals surface area (Å²) in [6.45, 7) is 2.73. The maximum Gasteiger partial charge on any atom is 0.262 e. The summed E-state index contributed by atoms with van der Waals surface area (Å²) in [5.74, 6) is 2.19. The topological polar surface area (TPSA) is 53.4 Å². The molecule has 0 bridgehead atoms. The molecule has 0 aliphatic carbocycles. The molecule has 0 spiro atoms. The fraction of sp³-hybridized carbons (Fsp3) is 0.167. The summed E-state index contributed by atoms with van der Waals surface area (Å²) in [4.78, 5) is 18.1. The van der Waals surface area contributed by atoms with Crippen LogP contribution in [0.1, 0.15) is 16.7 Å². The van der Waals surface area contributed by atoms with Crippen LogP contribution < -0.4 is 15.0 Å². The van der Waals surface area contributed by atoms with Crippen LogP contribution in [0.15, 0.2) is 76.7 Å². The quantitative estimate of drug-likeness (QED) is 0.346. The predicted molar refractivity (Wildman–Crippen MR) is 118 cm³/mol. The molecule has 0 fully saturated rings. The Morgan fingerprint density at radius 3 is 2.73 bits per heavy atom. The number of benzene rings is 3. The van der Waals surface area contributed by atoms with Gasteiger partial charge in [-0.1, -0.05) is 59.8 Å². The molecule has 3 aromatic carbocycles. The highest BCUT2D eigenvalue weighted by Crippen LogP contribution is 2.33. The molecule has 0 unspecified atom stereocenters. The van der Waals surface area contributed by atoms with E-state index >= 15 is 0 Å². The third-order valence-electron chi connectivity index (χ3n) is 5.05. The van der Waals surface area contributed by atoms with Crippen LogP contribution in [-0.2, 0) is 12.3 Å². The van der Waals surface area contributed by atoms with Gasteiger partial charge in [-0.25, -0.2) is 4.98 Å². The zero-order valence-corrected chi connectivity index (χ0v) is 17.3. The summed E-state index contributed by atoms with van der Waals surface area (Å²) in [6.07, 6.45) is 0. The van der Waals surface area contributed by atoms with Crippen molar-refractivity contribution in [1.82, 2.24) is 9.55 Å². The van der Waals surface area contributed by atoms with Gasteiger partial charge in [-0.15, -0.1) is 0 Å². The van der Waals surface area contributed by atoms with E-state index in [-0.39, 0.29) is 12.4 Å². The molecule has 4 aromatic rings. The van der Waals surface area contributed by atoms with Crippen LogP contribution in [0.2, 0.25) is 0 Å². The Hall–Kier alpha value is -3.25. The van der Waals surface area contributed by atoms with E-state index in [9.17, 15) is 4.79 Å². The van der Waals surface area contributed by atoms with E-state index in [0.717, 1.165) is 22.6 Å². The number of para-hydroxylation sites is 1. The molecule has 30 heavy (non-hydrogen) atoms. The number of ether oxygens (including phenoxy) is 2. The van der Waals surface area contributed by atoms with Crippen LogP contribution in [0.5, 0.6) is 11.5 Å². The van der Waals surface area contributed by atoms with Crippen molar-refractivity contribution < 1.29 is 9.47 Å². The fourth-order valence-electron chi connectivity index (χ4n) is 3.57. The highest BCUT2D eigenvalue weighted by molar-refractivity contribution is 7.98. The lowest BCUT2D eigenvalue weighted by Crippen LogP contribution is -2.24. The predicted octanol–water partition coefficient (Wildman–Crippen LogP) is 4.77. The van der Waals surface area contributed by atoms with Crippen molar-refractivity contribution in [3.63, 3.8) is 0 Å². The third kappa shape index (κ3) is 3.66. The minimum atomic E-state index is -0.0370. The van der Waals surface area contributed by atoms with E-state index in [4.69, 9.17) is 14.5 Å². The number of thioether (sulfide) groups is 1. The first-order valence-electron chi connectivity index (χ1n) is 9.74. The maximum absolute atomic E-state index is 13.3. The van der Waals surface area contributed by atoms with Gasteiger partial charge in [0, 0.05) is 5.75 Å². The SMILES string of the molecule is Cc1cccc(CSc2nc3ccccc3c(=O)n2Cc2ccc3c(c2)OCO3)c1. The van der Waals surface area contributed by atoms with Gasteiger partial charge in [0.1, 0.15) is 0 Å². The second-order valence-electron chi connectivity index (χ2n) is 7.27. The number of aromatic nitrogens is 2. The van der Waals surface area contributed by atoms with Crippen molar-refractivity contribution in [2.45, 2.75) is 24.4 Å². The van der Waals surface area contributed by atoms with Crippen LogP contribution in [0, 0.1) is 6.92 Å². The monoisotopic (exact) mass is 416 g/mol. The standard InChI is InChI=1S/C24H20N2O3S/c1-16-5-4-6-18(11-16)14-30-24-25-20-8-3-2-7-19(20)23(27)26(24)13-17-9-10-21-22(12-17)29-15-28-21/h2-12H,13-15H2,1H3. The van der Waals surface area contributed by atoms with Gasteiger partial charge in [-0.3, -0.25) is 9.36 Å². The first-order valence-corrected chi connectivity index (χ1v) is 10.7.